The molecule has 0 bridgehead atoms. The van der Waals surface area contributed by atoms with Gasteiger partial charge < -0.3 is 19.3 Å². The lowest BCUT2D eigenvalue weighted by atomic mass is 9.86. The first-order valence-corrected chi connectivity index (χ1v) is 10.2. The normalized spacial score (nSPS) is 30.0. The molecule has 1 aromatic rings. The van der Waals surface area contributed by atoms with Crippen molar-refractivity contribution in [3.05, 3.63) is 23.8 Å². The summed E-state index contributed by atoms with van der Waals surface area (Å²) in [5, 5.41) is 0. The predicted molar refractivity (Wildman–Crippen MR) is 101 cm³/mol. The standard InChI is InChI=1S/C21H34N2O2/c1-4-25-21-15-18(8-9-20(21)24-3)16-22-10-12-23(13-11-22)19-7-5-6-17(2)14-19/h8-9,15,17,19H,4-7,10-14,16H2,1-3H3/p+2/t17-,19+/m0/s1. The van der Waals surface area contributed by atoms with E-state index in [-0.39, 0.29) is 0 Å². The minimum absolute atomic E-state index is 0.675. The van der Waals surface area contributed by atoms with Gasteiger partial charge in [-0.1, -0.05) is 13.3 Å². The van der Waals surface area contributed by atoms with E-state index in [1.54, 1.807) is 12.0 Å². The van der Waals surface area contributed by atoms with Gasteiger partial charge in [-0.15, -0.1) is 0 Å². The molecule has 25 heavy (non-hydrogen) atoms. The minimum Gasteiger partial charge on any atom is -0.493 e. The number of piperazine rings is 1. The summed E-state index contributed by atoms with van der Waals surface area (Å²) >= 11 is 0. The maximum Gasteiger partial charge on any atom is 0.161 e. The topological polar surface area (TPSA) is 27.3 Å². The number of methoxy groups -OCH3 is 1. The molecule has 0 spiro atoms. The summed E-state index contributed by atoms with van der Waals surface area (Å²) in [4.78, 5) is 3.58. The second-order valence-electron chi connectivity index (χ2n) is 7.97. The molecule has 0 aromatic heterocycles. The Bertz CT molecular complexity index is 541. The van der Waals surface area contributed by atoms with Crippen molar-refractivity contribution in [1.82, 2.24) is 0 Å². The van der Waals surface area contributed by atoms with Crippen LogP contribution in [0, 0.1) is 5.92 Å². The molecule has 4 nitrogen and oxygen atoms in total. The highest BCUT2D eigenvalue weighted by molar-refractivity contribution is 5.42. The third-order valence-electron chi connectivity index (χ3n) is 6.10. The smallest absolute Gasteiger partial charge is 0.161 e. The molecule has 1 aromatic carbocycles. The second kappa shape index (κ2) is 8.91. The van der Waals surface area contributed by atoms with Crippen molar-refractivity contribution in [3.8, 4) is 11.5 Å². The Morgan fingerprint density at radius 3 is 2.56 bits per heavy atom. The highest BCUT2D eigenvalue weighted by Crippen LogP contribution is 2.27. The molecule has 3 rings (SSSR count). The molecule has 2 fully saturated rings. The van der Waals surface area contributed by atoms with Crippen LogP contribution in [0.3, 0.4) is 0 Å². The average Bonchev–Trinajstić information content (AvgIpc) is 2.63. The number of hydrogen-bond donors (Lipinski definition) is 2. The van der Waals surface area contributed by atoms with Gasteiger partial charge in [0, 0.05) is 12.0 Å². The molecule has 1 aliphatic carbocycles. The van der Waals surface area contributed by atoms with Crippen LogP contribution in [0.2, 0.25) is 0 Å². The average molecular weight is 349 g/mol. The number of hydrogen-bond acceptors (Lipinski definition) is 2. The molecule has 1 heterocycles. The fraction of sp³-hybridized carbons (Fsp3) is 0.714. The molecule has 2 N–H and O–H groups in total. The monoisotopic (exact) mass is 348 g/mol. The van der Waals surface area contributed by atoms with Crippen molar-refractivity contribution in [2.45, 2.75) is 52.1 Å². The molecule has 1 saturated carbocycles. The Hall–Kier alpha value is -1.26. The Balaban J connectivity index is 1.52. The van der Waals surface area contributed by atoms with E-state index in [1.807, 2.05) is 17.9 Å². The molecule has 0 amide bonds. The Labute approximate surface area is 153 Å². The molecule has 0 unspecified atom stereocenters. The fourth-order valence-electron chi connectivity index (χ4n) is 4.70. The zero-order valence-corrected chi connectivity index (χ0v) is 16.3. The molecular weight excluding hydrogens is 312 g/mol. The van der Waals surface area contributed by atoms with Gasteiger partial charge in [0.2, 0.25) is 0 Å². The lowest BCUT2D eigenvalue weighted by molar-refractivity contribution is -1.03. The number of ether oxygens (including phenoxy) is 2. The summed E-state index contributed by atoms with van der Waals surface area (Å²) < 4.78 is 11.1. The summed E-state index contributed by atoms with van der Waals surface area (Å²) in [5.74, 6) is 2.65. The van der Waals surface area contributed by atoms with Crippen LogP contribution in [0.4, 0.5) is 0 Å². The third-order valence-corrected chi connectivity index (χ3v) is 6.10. The molecule has 140 valence electrons. The molecule has 2 atom stereocenters. The summed E-state index contributed by atoms with van der Waals surface area (Å²) in [7, 11) is 1.71. The lowest BCUT2D eigenvalue weighted by Crippen LogP contribution is -3.29. The van der Waals surface area contributed by atoms with Gasteiger partial charge in [-0.05, 0) is 43.9 Å². The largest absolute Gasteiger partial charge is 0.493 e. The molecular formula is C21H36N2O2+2. The molecule has 2 aliphatic rings. The summed E-state index contributed by atoms with van der Waals surface area (Å²) in [5.41, 5.74) is 1.36. The van der Waals surface area contributed by atoms with E-state index in [4.69, 9.17) is 9.47 Å². The molecule has 4 heteroatoms. The van der Waals surface area contributed by atoms with Crippen LogP contribution in [0.15, 0.2) is 18.2 Å². The Kier molecular flexibility index (Phi) is 6.60. The van der Waals surface area contributed by atoms with Crippen LogP contribution in [-0.4, -0.2) is 45.9 Å². The van der Waals surface area contributed by atoms with Gasteiger partial charge in [-0.25, -0.2) is 0 Å². The van der Waals surface area contributed by atoms with Crippen molar-refractivity contribution >= 4 is 0 Å². The Morgan fingerprint density at radius 1 is 1.08 bits per heavy atom. The van der Waals surface area contributed by atoms with Crippen LogP contribution in [0.25, 0.3) is 0 Å². The van der Waals surface area contributed by atoms with Crippen LogP contribution in [0.5, 0.6) is 11.5 Å². The maximum absolute atomic E-state index is 5.73. The van der Waals surface area contributed by atoms with Crippen molar-refractivity contribution in [2.24, 2.45) is 5.92 Å². The highest BCUT2D eigenvalue weighted by Gasteiger charge is 2.32. The zero-order chi connectivity index (χ0) is 17.6. The maximum atomic E-state index is 5.73. The van der Waals surface area contributed by atoms with E-state index in [0.717, 1.165) is 30.0 Å². The number of benzene rings is 1. The van der Waals surface area contributed by atoms with Gasteiger partial charge in [-0.3, -0.25) is 0 Å². The van der Waals surface area contributed by atoms with E-state index in [2.05, 4.69) is 19.1 Å². The SMILES string of the molecule is CCOc1cc(C[NH+]2CC[NH+]([C@@H]3CCC[C@H](C)C3)CC2)ccc1OC. The summed E-state index contributed by atoms with van der Waals surface area (Å²) in [6, 6.07) is 7.33. The van der Waals surface area contributed by atoms with Gasteiger partial charge >= 0.3 is 0 Å². The summed E-state index contributed by atoms with van der Waals surface area (Å²) in [6.07, 6.45) is 5.78. The van der Waals surface area contributed by atoms with Crippen LogP contribution < -0.4 is 19.3 Å². The van der Waals surface area contributed by atoms with Crippen molar-refractivity contribution < 1.29 is 19.3 Å². The lowest BCUT2D eigenvalue weighted by Gasteiger charge is -2.37. The van der Waals surface area contributed by atoms with Gasteiger partial charge in [0.05, 0.1) is 19.8 Å². The minimum atomic E-state index is 0.675. The van der Waals surface area contributed by atoms with Crippen LogP contribution in [-0.2, 0) is 6.54 Å². The van der Waals surface area contributed by atoms with Crippen molar-refractivity contribution in [3.63, 3.8) is 0 Å². The van der Waals surface area contributed by atoms with Crippen molar-refractivity contribution in [1.29, 1.82) is 0 Å². The predicted octanol–water partition coefficient (Wildman–Crippen LogP) is 0.956. The number of nitrogens with one attached hydrogen (secondary N) is 2. The molecule has 0 radical (unpaired) electrons. The second-order valence-corrected chi connectivity index (χ2v) is 7.97. The first kappa shape index (κ1) is 18.5. The van der Waals surface area contributed by atoms with E-state index < -0.39 is 0 Å². The highest BCUT2D eigenvalue weighted by atomic mass is 16.5. The summed E-state index contributed by atoms with van der Waals surface area (Å²) in [6.45, 7) is 11.5. The Morgan fingerprint density at radius 2 is 1.88 bits per heavy atom. The van der Waals surface area contributed by atoms with Gasteiger partial charge in [-0.2, -0.15) is 0 Å². The fourth-order valence-corrected chi connectivity index (χ4v) is 4.70. The quantitative estimate of drug-likeness (QED) is 0.801. The first-order chi connectivity index (χ1) is 12.2. The van der Waals surface area contributed by atoms with E-state index in [9.17, 15) is 0 Å². The van der Waals surface area contributed by atoms with Gasteiger partial charge in [0.15, 0.2) is 11.5 Å². The number of quaternary nitrogens is 2. The van der Waals surface area contributed by atoms with Crippen molar-refractivity contribution in [2.75, 3.05) is 39.9 Å². The number of rotatable bonds is 6. The van der Waals surface area contributed by atoms with Gasteiger partial charge in [0.25, 0.3) is 0 Å². The van der Waals surface area contributed by atoms with E-state index in [1.165, 1.54) is 57.4 Å². The first-order valence-electron chi connectivity index (χ1n) is 10.2. The third kappa shape index (κ3) is 4.89. The van der Waals surface area contributed by atoms with Crippen LogP contribution in [0.1, 0.15) is 45.1 Å². The van der Waals surface area contributed by atoms with Crippen LogP contribution >= 0.6 is 0 Å². The van der Waals surface area contributed by atoms with E-state index in [0.29, 0.717) is 6.61 Å². The molecule has 1 aliphatic heterocycles. The molecule has 1 saturated heterocycles. The zero-order valence-electron chi connectivity index (χ0n) is 16.3. The van der Waals surface area contributed by atoms with E-state index >= 15 is 0 Å². The van der Waals surface area contributed by atoms with Gasteiger partial charge in [0.1, 0.15) is 32.7 Å².